The van der Waals surface area contributed by atoms with E-state index in [0.29, 0.717) is 5.56 Å². The van der Waals surface area contributed by atoms with E-state index in [0.717, 1.165) is 59.9 Å². The molecule has 0 aliphatic rings. The van der Waals surface area contributed by atoms with Crippen molar-refractivity contribution in [3.05, 3.63) is 83.4 Å². The van der Waals surface area contributed by atoms with Crippen LogP contribution in [-0.4, -0.2) is 0 Å². The van der Waals surface area contributed by atoms with Crippen LogP contribution in [0, 0.1) is 11.6 Å². The lowest BCUT2D eigenvalue weighted by Crippen LogP contribution is -1.94. The molecule has 0 aromatic heterocycles. The van der Waals surface area contributed by atoms with Crippen LogP contribution in [0.5, 0.6) is 0 Å². The fourth-order valence-electron chi connectivity index (χ4n) is 4.03. The van der Waals surface area contributed by atoms with E-state index < -0.39 is 0 Å². The Kier molecular flexibility index (Phi) is 8.19. The molecule has 0 atom stereocenters. The molecule has 0 heterocycles. The van der Waals surface area contributed by atoms with Gasteiger partial charge in [0, 0.05) is 5.56 Å². The van der Waals surface area contributed by atoms with Crippen molar-refractivity contribution in [3.8, 4) is 22.3 Å². The van der Waals surface area contributed by atoms with E-state index in [1.807, 2.05) is 48.5 Å². The summed E-state index contributed by atoms with van der Waals surface area (Å²) in [5, 5.41) is 0. The lowest BCUT2D eigenvalue weighted by atomic mass is 9.92. The summed E-state index contributed by atoms with van der Waals surface area (Å²) in [6.45, 7) is 4.28. The van der Waals surface area contributed by atoms with Crippen molar-refractivity contribution in [3.63, 3.8) is 0 Å². The van der Waals surface area contributed by atoms with E-state index in [9.17, 15) is 8.78 Å². The number of benzene rings is 3. The smallest absolute Gasteiger partial charge is 0.131 e. The number of hydrogen-bond donors (Lipinski definition) is 0. The summed E-state index contributed by atoms with van der Waals surface area (Å²) in [6.07, 6.45) is 8.45. The average Bonchev–Trinajstić information content (AvgIpc) is 2.75. The van der Waals surface area contributed by atoms with E-state index in [1.54, 1.807) is 12.1 Å². The number of hydrogen-bond acceptors (Lipinski definition) is 0. The molecule has 3 aromatic rings. The fourth-order valence-corrected chi connectivity index (χ4v) is 4.03. The van der Waals surface area contributed by atoms with Gasteiger partial charge in [0.05, 0.1) is 0 Å². The van der Waals surface area contributed by atoms with Gasteiger partial charge in [-0.3, -0.25) is 0 Å². The monoisotopic (exact) mass is 406 g/mol. The Bertz CT molecular complexity index is 959. The molecule has 158 valence electrons. The van der Waals surface area contributed by atoms with Crippen LogP contribution < -0.4 is 0 Å². The predicted molar refractivity (Wildman–Crippen MR) is 124 cm³/mol. The molecule has 0 amide bonds. The third kappa shape index (κ3) is 5.56. The summed E-state index contributed by atoms with van der Waals surface area (Å²) in [6, 6.07) is 18.6. The normalized spacial score (nSPS) is 11.1. The highest BCUT2D eigenvalue weighted by Crippen LogP contribution is 2.34. The molecule has 0 saturated carbocycles. The molecule has 2 heteroatoms. The Labute approximate surface area is 180 Å². The number of unbranched alkanes of at least 4 members (excludes halogenated alkanes) is 4. The highest BCUT2D eigenvalue weighted by atomic mass is 19.1. The highest BCUT2D eigenvalue weighted by Gasteiger charge is 2.13. The molecular formula is C28H32F2. The van der Waals surface area contributed by atoms with Crippen LogP contribution in [-0.2, 0) is 12.8 Å². The Balaban J connectivity index is 1.84. The number of halogens is 2. The second kappa shape index (κ2) is 11.1. The molecule has 0 aliphatic heterocycles. The zero-order valence-electron chi connectivity index (χ0n) is 18.2. The molecule has 30 heavy (non-hydrogen) atoms. The van der Waals surface area contributed by atoms with E-state index in [1.165, 1.54) is 19.3 Å². The van der Waals surface area contributed by atoms with Crippen molar-refractivity contribution in [2.75, 3.05) is 0 Å². The maximum absolute atomic E-state index is 14.9. The summed E-state index contributed by atoms with van der Waals surface area (Å²) in [5.74, 6) is -0.394. The van der Waals surface area contributed by atoms with E-state index in [4.69, 9.17) is 0 Å². The minimum absolute atomic E-state index is 0.170. The van der Waals surface area contributed by atoms with E-state index in [-0.39, 0.29) is 11.6 Å². The van der Waals surface area contributed by atoms with Gasteiger partial charge in [-0.05, 0) is 59.2 Å². The third-order valence-electron chi connectivity index (χ3n) is 5.70. The maximum atomic E-state index is 14.9. The van der Waals surface area contributed by atoms with Crippen molar-refractivity contribution in [2.45, 2.75) is 65.2 Å². The molecule has 0 aliphatic carbocycles. The molecule has 0 spiro atoms. The van der Waals surface area contributed by atoms with Gasteiger partial charge in [0.1, 0.15) is 11.6 Å². The molecule has 3 rings (SSSR count). The fraction of sp³-hybridized carbons (Fsp3) is 0.357. The minimum atomic E-state index is -0.224. The quantitative estimate of drug-likeness (QED) is 0.295. The molecular weight excluding hydrogens is 374 g/mol. The van der Waals surface area contributed by atoms with Crippen molar-refractivity contribution in [1.82, 2.24) is 0 Å². The SMILES string of the molecule is CCCCCCCc1ccc(-c2ccccc2-c2ccc(CCC)cc2F)cc1F. The van der Waals surface area contributed by atoms with Gasteiger partial charge in [-0.1, -0.05) is 94.5 Å². The van der Waals surface area contributed by atoms with Gasteiger partial charge in [-0.15, -0.1) is 0 Å². The molecule has 0 unspecified atom stereocenters. The summed E-state index contributed by atoms with van der Waals surface area (Å²) < 4.78 is 29.6. The summed E-state index contributed by atoms with van der Waals surface area (Å²) in [5.41, 5.74) is 4.77. The Morgan fingerprint density at radius 2 is 1.37 bits per heavy atom. The predicted octanol–water partition coefficient (Wildman–Crippen LogP) is 8.76. The van der Waals surface area contributed by atoms with Gasteiger partial charge in [0.25, 0.3) is 0 Å². The van der Waals surface area contributed by atoms with Crippen LogP contribution in [0.2, 0.25) is 0 Å². The molecule has 0 nitrogen and oxygen atoms in total. The van der Waals surface area contributed by atoms with Gasteiger partial charge in [-0.2, -0.15) is 0 Å². The van der Waals surface area contributed by atoms with Crippen LogP contribution in [0.3, 0.4) is 0 Å². The van der Waals surface area contributed by atoms with Crippen molar-refractivity contribution in [2.24, 2.45) is 0 Å². The summed E-state index contributed by atoms with van der Waals surface area (Å²) in [7, 11) is 0. The van der Waals surface area contributed by atoms with Crippen molar-refractivity contribution < 1.29 is 8.78 Å². The molecule has 0 N–H and O–H groups in total. The van der Waals surface area contributed by atoms with Gasteiger partial charge in [-0.25, -0.2) is 8.78 Å². The maximum Gasteiger partial charge on any atom is 0.131 e. The van der Waals surface area contributed by atoms with Gasteiger partial charge < -0.3 is 0 Å². The lowest BCUT2D eigenvalue weighted by Gasteiger charge is -2.13. The van der Waals surface area contributed by atoms with Crippen molar-refractivity contribution in [1.29, 1.82) is 0 Å². The Morgan fingerprint density at radius 1 is 0.600 bits per heavy atom. The van der Waals surface area contributed by atoms with Crippen LogP contribution in [0.1, 0.15) is 63.5 Å². The van der Waals surface area contributed by atoms with E-state index in [2.05, 4.69) is 13.8 Å². The van der Waals surface area contributed by atoms with Crippen LogP contribution in [0.4, 0.5) is 8.78 Å². The Hall–Kier alpha value is -2.48. The van der Waals surface area contributed by atoms with Gasteiger partial charge >= 0.3 is 0 Å². The topological polar surface area (TPSA) is 0 Å². The number of rotatable bonds is 10. The highest BCUT2D eigenvalue weighted by molar-refractivity contribution is 5.83. The second-order valence-corrected chi connectivity index (χ2v) is 8.08. The van der Waals surface area contributed by atoms with Crippen LogP contribution >= 0.6 is 0 Å². The first-order valence-corrected chi connectivity index (χ1v) is 11.3. The van der Waals surface area contributed by atoms with Crippen LogP contribution in [0.15, 0.2) is 60.7 Å². The molecule has 0 bridgehead atoms. The largest absolute Gasteiger partial charge is 0.207 e. The lowest BCUT2D eigenvalue weighted by molar-refractivity contribution is 0.588. The zero-order valence-corrected chi connectivity index (χ0v) is 18.2. The van der Waals surface area contributed by atoms with Gasteiger partial charge in [0.15, 0.2) is 0 Å². The van der Waals surface area contributed by atoms with Gasteiger partial charge in [0.2, 0.25) is 0 Å². The first-order chi connectivity index (χ1) is 14.6. The van der Waals surface area contributed by atoms with Crippen molar-refractivity contribution >= 4 is 0 Å². The first-order valence-electron chi connectivity index (χ1n) is 11.3. The molecule has 0 radical (unpaired) electrons. The minimum Gasteiger partial charge on any atom is -0.207 e. The molecule has 0 fully saturated rings. The molecule has 0 saturated heterocycles. The van der Waals surface area contributed by atoms with E-state index >= 15 is 0 Å². The average molecular weight is 407 g/mol. The Morgan fingerprint density at radius 3 is 2.07 bits per heavy atom. The summed E-state index contributed by atoms with van der Waals surface area (Å²) >= 11 is 0. The first kappa shape index (κ1) is 22.2. The standard InChI is InChI=1S/C28H32F2/c1-3-5-6-7-8-12-22-16-17-23(20-27(22)29)24-13-9-10-14-25(24)26-18-15-21(11-4-2)19-28(26)30/h9-10,13-20H,3-8,11-12H2,1-2H3. The van der Waals surface area contributed by atoms with Crippen LogP contribution in [0.25, 0.3) is 22.3 Å². The summed E-state index contributed by atoms with van der Waals surface area (Å²) in [4.78, 5) is 0. The number of aryl methyl sites for hydroxylation is 2. The second-order valence-electron chi connectivity index (χ2n) is 8.08. The third-order valence-corrected chi connectivity index (χ3v) is 5.70. The zero-order chi connectivity index (χ0) is 21.3. The molecule has 3 aromatic carbocycles.